The van der Waals surface area contributed by atoms with Gasteiger partial charge in [0.15, 0.2) is 0 Å². The Bertz CT molecular complexity index is 1100. The van der Waals surface area contributed by atoms with Crippen molar-refractivity contribution in [2.75, 3.05) is 0 Å². The van der Waals surface area contributed by atoms with E-state index >= 15 is 0 Å². The molecule has 2 atom stereocenters. The van der Waals surface area contributed by atoms with Crippen LogP contribution in [0.2, 0.25) is 0 Å². The number of nitrogens with zero attached hydrogens (tertiary/aromatic N) is 2. The van der Waals surface area contributed by atoms with Crippen molar-refractivity contribution >= 4 is 23.8 Å². The lowest BCUT2D eigenvalue weighted by Crippen LogP contribution is -1.96. The van der Waals surface area contributed by atoms with Crippen molar-refractivity contribution in [2.24, 2.45) is 9.98 Å². The van der Waals surface area contributed by atoms with Gasteiger partial charge in [0.2, 0.25) is 0 Å². The van der Waals surface area contributed by atoms with E-state index in [2.05, 4.69) is 37.7 Å². The molecule has 0 radical (unpaired) electrons. The smallest absolute Gasteiger partial charge is 0.127 e. The summed E-state index contributed by atoms with van der Waals surface area (Å²) in [7, 11) is 0. The second kappa shape index (κ2) is 11.1. The third-order valence-corrected chi connectivity index (χ3v) is 6.62. The van der Waals surface area contributed by atoms with Gasteiger partial charge in [-0.25, -0.2) is 0 Å². The Labute approximate surface area is 203 Å². The fourth-order valence-electron chi connectivity index (χ4n) is 3.82. The fraction of sp³-hybridized carbons (Fsp3) is 0.333. The molecule has 3 aromatic carbocycles. The Kier molecular flexibility index (Phi) is 8.27. The molecule has 0 bridgehead atoms. The van der Waals surface area contributed by atoms with Gasteiger partial charge in [-0.2, -0.15) is 0 Å². The molecule has 2 unspecified atom stereocenters. The van der Waals surface area contributed by atoms with Crippen LogP contribution in [0.15, 0.2) is 58.5 Å². The molecule has 0 saturated carbocycles. The van der Waals surface area contributed by atoms with Gasteiger partial charge in [0.1, 0.15) is 11.5 Å². The first-order valence-corrected chi connectivity index (χ1v) is 12.1. The standard InChI is InChI=1S/C30H36N2O2/c1-7-19(3)23-13-21(5)29(33)25(15-23)17-31-27-9-11-28(12-10-27)32-18-26-16-24(20(4)8-2)14-22(6)30(26)34/h9-20,33-34H,7-8H2,1-6H3. The van der Waals surface area contributed by atoms with Crippen LogP contribution in [0.1, 0.15) is 85.8 Å². The van der Waals surface area contributed by atoms with E-state index < -0.39 is 0 Å². The summed E-state index contributed by atoms with van der Waals surface area (Å²) in [6.45, 7) is 12.5. The zero-order valence-corrected chi connectivity index (χ0v) is 21.1. The highest BCUT2D eigenvalue weighted by Gasteiger charge is 2.11. The SMILES string of the molecule is CCC(C)c1cc(C)c(O)c(C=Nc2ccc(N=Cc3cc(C(C)CC)cc(C)c3O)cc2)c1. The molecule has 0 aliphatic carbocycles. The summed E-state index contributed by atoms with van der Waals surface area (Å²) in [4.78, 5) is 9.11. The number of aryl methyl sites for hydroxylation is 2. The van der Waals surface area contributed by atoms with Gasteiger partial charge in [-0.3, -0.25) is 9.98 Å². The van der Waals surface area contributed by atoms with Gasteiger partial charge in [-0.15, -0.1) is 0 Å². The van der Waals surface area contributed by atoms with Crippen LogP contribution in [0.5, 0.6) is 11.5 Å². The molecule has 0 aromatic heterocycles. The van der Waals surface area contributed by atoms with Crippen LogP contribution in [0, 0.1) is 13.8 Å². The number of aliphatic imine (C=N–C) groups is 2. The molecule has 0 fully saturated rings. The summed E-state index contributed by atoms with van der Waals surface area (Å²) in [5.41, 5.74) is 7.15. The van der Waals surface area contributed by atoms with Gasteiger partial charge >= 0.3 is 0 Å². The average molecular weight is 457 g/mol. The molecule has 34 heavy (non-hydrogen) atoms. The second-order valence-corrected chi connectivity index (χ2v) is 9.20. The van der Waals surface area contributed by atoms with Crippen molar-refractivity contribution in [1.29, 1.82) is 0 Å². The van der Waals surface area contributed by atoms with E-state index in [0.29, 0.717) is 11.8 Å². The molecule has 3 rings (SSSR count). The molecule has 4 heteroatoms. The molecular weight excluding hydrogens is 420 g/mol. The molecule has 3 aromatic rings. The van der Waals surface area contributed by atoms with Gasteiger partial charge in [0.25, 0.3) is 0 Å². The molecular formula is C30H36N2O2. The topological polar surface area (TPSA) is 65.2 Å². The maximum atomic E-state index is 10.5. The fourth-order valence-corrected chi connectivity index (χ4v) is 3.82. The van der Waals surface area contributed by atoms with Gasteiger partial charge < -0.3 is 10.2 Å². The predicted molar refractivity (Wildman–Crippen MR) is 144 cm³/mol. The van der Waals surface area contributed by atoms with Crippen LogP contribution in [0.4, 0.5) is 11.4 Å². The summed E-state index contributed by atoms with van der Waals surface area (Å²) >= 11 is 0. The Morgan fingerprint density at radius 2 is 1.03 bits per heavy atom. The number of hydrogen-bond acceptors (Lipinski definition) is 4. The molecule has 2 N–H and O–H groups in total. The monoisotopic (exact) mass is 456 g/mol. The highest BCUT2D eigenvalue weighted by Crippen LogP contribution is 2.30. The van der Waals surface area contributed by atoms with Crippen molar-refractivity contribution in [3.05, 3.63) is 81.9 Å². The maximum Gasteiger partial charge on any atom is 0.127 e. The van der Waals surface area contributed by atoms with Gasteiger partial charge in [0, 0.05) is 23.6 Å². The Morgan fingerprint density at radius 1 is 0.676 bits per heavy atom. The summed E-state index contributed by atoms with van der Waals surface area (Å²) in [6, 6.07) is 15.7. The Balaban J connectivity index is 1.79. The minimum Gasteiger partial charge on any atom is -0.507 e. The summed E-state index contributed by atoms with van der Waals surface area (Å²) in [5, 5.41) is 20.9. The van der Waals surface area contributed by atoms with Crippen molar-refractivity contribution in [2.45, 2.75) is 66.2 Å². The highest BCUT2D eigenvalue weighted by atomic mass is 16.3. The van der Waals surface area contributed by atoms with Crippen LogP contribution >= 0.6 is 0 Å². The van der Waals surface area contributed by atoms with E-state index in [1.807, 2.05) is 62.4 Å². The van der Waals surface area contributed by atoms with Crippen LogP contribution in [-0.4, -0.2) is 22.6 Å². The third-order valence-electron chi connectivity index (χ3n) is 6.62. The van der Waals surface area contributed by atoms with E-state index in [4.69, 9.17) is 0 Å². The van der Waals surface area contributed by atoms with Gasteiger partial charge in [-0.05, 0) is 97.2 Å². The highest BCUT2D eigenvalue weighted by molar-refractivity contribution is 5.87. The number of phenols is 2. The Morgan fingerprint density at radius 3 is 1.35 bits per heavy atom. The van der Waals surface area contributed by atoms with Crippen molar-refractivity contribution in [1.82, 2.24) is 0 Å². The molecule has 0 amide bonds. The molecule has 4 nitrogen and oxygen atoms in total. The van der Waals surface area contributed by atoms with Crippen LogP contribution in [0.3, 0.4) is 0 Å². The summed E-state index contributed by atoms with van der Waals surface area (Å²) in [5.74, 6) is 1.40. The normalized spacial score (nSPS) is 13.6. The predicted octanol–water partition coefficient (Wildman–Crippen LogP) is 8.24. The lowest BCUT2D eigenvalue weighted by Gasteiger charge is -2.13. The molecule has 0 saturated heterocycles. The van der Waals surface area contributed by atoms with Gasteiger partial charge in [0.05, 0.1) is 11.4 Å². The maximum absolute atomic E-state index is 10.5. The van der Waals surface area contributed by atoms with Crippen LogP contribution in [0.25, 0.3) is 0 Å². The van der Waals surface area contributed by atoms with E-state index in [9.17, 15) is 10.2 Å². The molecule has 0 aliphatic heterocycles. The average Bonchev–Trinajstić information content (AvgIpc) is 2.85. The zero-order chi connectivity index (χ0) is 24.8. The van der Waals surface area contributed by atoms with Crippen molar-refractivity contribution in [3.8, 4) is 11.5 Å². The lowest BCUT2D eigenvalue weighted by atomic mass is 9.94. The first-order chi connectivity index (χ1) is 16.2. The van der Waals surface area contributed by atoms with E-state index in [1.165, 1.54) is 11.1 Å². The number of phenolic OH excluding ortho intramolecular Hbond substituents is 2. The molecule has 0 heterocycles. The second-order valence-electron chi connectivity index (χ2n) is 9.20. The minimum absolute atomic E-state index is 0.270. The van der Waals surface area contributed by atoms with Crippen molar-refractivity contribution in [3.63, 3.8) is 0 Å². The number of hydrogen-bond donors (Lipinski definition) is 2. The summed E-state index contributed by atoms with van der Waals surface area (Å²) in [6.07, 6.45) is 5.52. The minimum atomic E-state index is 0.270. The molecule has 0 aliphatic rings. The number of aromatic hydroxyl groups is 2. The van der Waals surface area contributed by atoms with E-state index in [1.54, 1.807) is 12.4 Å². The van der Waals surface area contributed by atoms with Crippen molar-refractivity contribution < 1.29 is 10.2 Å². The first-order valence-electron chi connectivity index (χ1n) is 12.1. The molecule has 178 valence electrons. The van der Waals surface area contributed by atoms with Crippen LogP contribution in [-0.2, 0) is 0 Å². The summed E-state index contributed by atoms with van der Waals surface area (Å²) < 4.78 is 0. The molecule has 0 spiro atoms. The number of benzene rings is 3. The van der Waals surface area contributed by atoms with Gasteiger partial charge in [-0.1, -0.05) is 39.8 Å². The quantitative estimate of drug-likeness (QED) is 0.335. The largest absolute Gasteiger partial charge is 0.507 e. The Hall–Kier alpha value is -3.40. The number of rotatable bonds is 8. The van der Waals surface area contributed by atoms with E-state index in [0.717, 1.165) is 46.5 Å². The van der Waals surface area contributed by atoms with E-state index in [-0.39, 0.29) is 11.5 Å². The third kappa shape index (κ3) is 5.93. The lowest BCUT2D eigenvalue weighted by molar-refractivity contribution is 0.469. The van der Waals surface area contributed by atoms with Crippen LogP contribution < -0.4 is 0 Å². The zero-order valence-electron chi connectivity index (χ0n) is 21.1. The first kappa shape index (κ1) is 25.2.